The molecule has 0 saturated carbocycles. The molecule has 178 valence electrons. The second kappa shape index (κ2) is 11.7. The van der Waals surface area contributed by atoms with Crippen LogP contribution in [0.15, 0.2) is 60.8 Å². The Balaban J connectivity index is 0.00000158. The molecule has 0 bridgehead atoms. The number of morpholine rings is 1. The molecule has 0 aliphatic carbocycles. The van der Waals surface area contributed by atoms with Gasteiger partial charge >= 0.3 is 0 Å². The van der Waals surface area contributed by atoms with Crippen molar-refractivity contribution in [2.45, 2.75) is 26.3 Å². The van der Waals surface area contributed by atoms with Crippen LogP contribution in [0.1, 0.15) is 19.4 Å². The van der Waals surface area contributed by atoms with Crippen molar-refractivity contribution in [2.24, 2.45) is 0 Å². The van der Waals surface area contributed by atoms with Crippen LogP contribution >= 0.6 is 0 Å². The van der Waals surface area contributed by atoms with Crippen LogP contribution in [-0.4, -0.2) is 35.1 Å². The Morgan fingerprint density at radius 3 is 2.59 bits per heavy atom. The molecule has 1 aromatic heterocycles. The number of nitrogens with one attached hydrogen (secondary N) is 2. The van der Waals surface area contributed by atoms with E-state index in [1.807, 2.05) is 26.0 Å². The molecule has 1 aliphatic heterocycles. The molecule has 0 radical (unpaired) electrons. The maximum Gasteiger partial charge on any atom is 0.287 e. The van der Waals surface area contributed by atoms with E-state index in [1.165, 1.54) is 24.3 Å². The predicted octanol–water partition coefficient (Wildman–Crippen LogP) is 4.75. The van der Waals surface area contributed by atoms with Crippen LogP contribution in [0.4, 0.5) is 21.6 Å². The monoisotopic (exact) mass is 468 g/mol. The van der Waals surface area contributed by atoms with E-state index in [1.54, 1.807) is 18.2 Å². The van der Waals surface area contributed by atoms with Gasteiger partial charge in [0.05, 0.1) is 17.6 Å². The molecule has 0 spiro atoms. The first-order valence-electron chi connectivity index (χ1n) is 10.8. The molecule has 2 N–H and O–H groups in total. The predicted molar refractivity (Wildman–Crippen MR) is 125 cm³/mol. The highest BCUT2D eigenvalue weighted by Crippen LogP contribution is 2.28. The molecule has 1 saturated heterocycles. The summed E-state index contributed by atoms with van der Waals surface area (Å²) in [6.45, 7) is 4.55. The van der Waals surface area contributed by atoms with E-state index < -0.39 is 10.7 Å². The molecule has 10 heteroatoms. The first kappa shape index (κ1) is 24.6. The lowest BCUT2D eigenvalue weighted by molar-refractivity contribution is -0.385. The number of nitro groups is 1. The molecule has 4 rings (SSSR count). The number of rotatable bonds is 7. The zero-order chi connectivity index (χ0) is 24.5. The molecule has 1 unspecified atom stereocenters. The maximum absolute atomic E-state index is 14.5. The summed E-state index contributed by atoms with van der Waals surface area (Å²) >= 11 is 0. The van der Waals surface area contributed by atoms with Crippen LogP contribution in [0.2, 0.25) is 0 Å². The lowest BCUT2D eigenvalue weighted by Crippen LogP contribution is -2.46. The Bertz CT molecular complexity index is 1120. The lowest BCUT2D eigenvalue weighted by Gasteiger charge is -2.23. The second-order valence-electron chi connectivity index (χ2n) is 7.16. The number of benzene rings is 2. The Labute approximate surface area is 196 Å². The van der Waals surface area contributed by atoms with E-state index in [9.17, 15) is 19.3 Å². The van der Waals surface area contributed by atoms with E-state index in [0.29, 0.717) is 30.3 Å². The van der Waals surface area contributed by atoms with Crippen molar-refractivity contribution < 1.29 is 23.6 Å². The fraction of sp³-hybridized carbons (Fsp3) is 0.250. The first-order chi connectivity index (χ1) is 16.5. The van der Waals surface area contributed by atoms with Crippen LogP contribution in [-0.2, 0) is 16.0 Å². The van der Waals surface area contributed by atoms with E-state index in [2.05, 4.69) is 15.6 Å². The fourth-order valence-electron chi connectivity index (χ4n) is 3.20. The van der Waals surface area contributed by atoms with E-state index in [4.69, 9.17) is 9.47 Å². The molecule has 34 heavy (non-hydrogen) atoms. The summed E-state index contributed by atoms with van der Waals surface area (Å²) in [6, 6.07) is 14.2. The quantitative estimate of drug-likeness (QED) is 0.380. The highest BCUT2D eigenvalue weighted by Gasteiger charge is 2.18. The third kappa shape index (κ3) is 6.72. The largest absolute Gasteiger partial charge is 0.454 e. The summed E-state index contributed by atoms with van der Waals surface area (Å²) in [7, 11) is 0. The van der Waals surface area contributed by atoms with Gasteiger partial charge in [-0.1, -0.05) is 26.0 Å². The Morgan fingerprint density at radius 1 is 1.21 bits per heavy atom. The van der Waals surface area contributed by atoms with Crippen molar-refractivity contribution in [2.75, 3.05) is 18.5 Å². The van der Waals surface area contributed by atoms with E-state index >= 15 is 0 Å². The Kier molecular flexibility index (Phi) is 8.47. The summed E-state index contributed by atoms with van der Waals surface area (Å²) in [5.41, 5.74) is 1.28. The van der Waals surface area contributed by atoms with E-state index in [-0.39, 0.29) is 30.0 Å². The molecule has 1 atom stereocenters. The van der Waals surface area contributed by atoms with Gasteiger partial charge in [0.15, 0.2) is 11.6 Å². The minimum Gasteiger partial charge on any atom is -0.454 e. The first-order valence-corrected chi connectivity index (χ1v) is 10.8. The number of anilines is 2. The zero-order valence-electron chi connectivity index (χ0n) is 18.8. The highest BCUT2D eigenvalue weighted by molar-refractivity contribution is 5.78. The number of aromatic nitrogens is 1. The molecule has 3 aromatic rings. The van der Waals surface area contributed by atoms with Gasteiger partial charge in [-0.15, -0.1) is 0 Å². The molecular weight excluding hydrogens is 443 g/mol. The number of hydrogen-bond donors (Lipinski definition) is 2. The highest BCUT2D eigenvalue weighted by atomic mass is 19.1. The number of hydrogen-bond acceptors (Lipinski definition) is 7. The van der Waals surface area contributed by atoms with Crippen LogP contribution in [0, 0.1) is 15.9 Å². The number of pyridine rings is 1. The molecule has 1 amide bonds. The molecule has 1 aliphatic rings. The third-order valence-corrected chi connectivity index (χ3v) is 4.71. The van der Waals surface area contributed by atoms with Gasteiger partial charge in [0, 0.05) is 17.8 Å². The lowest BCUT2D eigenvalue weighted by atomic mass is 10.1. The van der Waals surface area contributed by atoms with E-state index in [0.717, 1.165) is 11.8 Å². The standard InChI is InChI=1S/C22H19FN4O5.C2H6/c23-19-10-15(25-21-8-4-17(11-24-21)27(29)30)3-7-20(19)32-18-5-1-14(2-6-18)9-16-12-31-13-22(28)26-16;1-2/h1-8,10-11,16H,9,12-13H2,(H,24,25)(H,26,28);1-2H3. The van der Waals surface area contributed by atoms with Crippen molar-refractivity contribution in [1.29, 1.82) is 0 Å². The van der Waals surface area contributed by atoms with Gasteiger partial charge in [-0.25, -0.2) is 9.37 Å². The summed E-state index contributed by atoms with van der Waals surface area (Å²) in [4.78, 5) is 25.5. The smallest absolute Gasteiger partial charge is 0.287 e. The summed E-state index contributed by atoms with van der Waals surface area (Å²) < 4.78 is 25.4. The van der Waals surface area contributed by atoms with Gasteiger partial charge in [-0.3, -0.25) is 14.9 Å². The van der Waals surface area contributed by atoms with Gasteiger partial charge in [-0.2, -0.15) is 0 Å². The zero-order valence-corrected chi connectivity index (χ0v) is 18.8. The van der Waals surface area contributed by atoms with Gasteiger partial charge in [-0.05, 0) is 42.3 Å². The van der Waals surface area contributed by atoms with Crippen molar-refractivity contribution in [3.05, 3.63) is 82.3 Å². The van der Waals surface area contributed by atoms with Gasteiger partial charge in [0.1, 0.15) is 24.4 Å². The van der Waals surface area contributed by atoms with Crippen LogP contribution in [0.25, 0.3) is 0 Å². The molecule has 1 fully saturated rings. The van der Waals surface area contributed by atoms with Crippen LogP contribution in [0.3, 0.4) is 0 Å². The molecular formula is C24H25FN4O5. The number of carbonyl (C=O) groups excluding carboxylic acids is 1. The van der Waals surface area contributed by atoms with Crippen molar-refractivity contribution >= 4 is 23.1 Å². The van der Waals surface area contributed by atoms with Gasteiger partial charge in [0.25, 0.3) is 5.69 Å². The normalized spacial score (nSPS) is 14.9. The minimum atomic E-state index is -0.581. The van der Waals surface area contributed by atoms with Crippen molar-refractivity contribution in [3.8, 4) is 11.5 Å². The molecule has 2 heterocycles. The minimum absolute atomic E-state index is 0.0490. The summed E-state index contributed by atoms with van der Waals surface area (Å²) in [6.07, 6.45) is 1.74. The van der Waals surface area contributed by atoms with Crippen molar-refractivity contribution in [1.82, 2.24) is 10.3 Å². The van der Waals surface area contributed by atoms with Crippen molar-refractivity contribution in [3.63, 3.8) is 0 Å². The average molecular weight is 468 g/mol. The third-order valence-electron chi connectivity index (χ3n) is 4.71. The number of ether oxygens (including phenoxy) is 2. The summed E-state index contributed by atoms with van der Waals surface area (Å²) in [5, 5.41) is 16.4. The maximum atomic E-state index is 14.5. The second-order valence-corrected chi connectivity index (χ2v) is 7.16. The SMILES string of the molecule is CC.O=C1COCC(Cc2ccc(Oc3ccc(Nc4ccc([N+](=O)[O-])cn4)cc3F)cc2)N1. The molecule has 9 nitrogen and oxygen atoms in total. The average Bonchev–Trinajstić information content (AvgIpc) is 2.84. The van der Waals surface area contributed by atoms with Crippen LogP contribution in [0.5, 0.6) is 11.5 Å². The van der Waals surface area contributed by atoms with Crippen LogP contribution < -0.4 is 15.4 Å². The topological polar surface area (TPSA) is 116 Å². The number of nitrogens with zero attached hydrogens (tertiary/aromatic N) is 2. The number of halogens is 1. The summed E-state index contributed by atoms with van der Waals surface area (Å²) in [5.74, 6) is 0.156. The fourth-order valence-corrected chi connectivity index (χ4v) is 3.20. The Hall–Kier alpha value is -4.05. The number of amides is 1. The van der Waals surface area contributed by atoms with Gasteiger partial charge < -0.3 is 20.1 Å². The van der Waals surface area contributed by atoms with Gasteiger partial charge in [0.2, 0.25) is 5.91 Å². The Morgan fingerprint density at radius 2 is 1.97 bits per heavy atom. The molecule has 2 aromatic carbocycles. The number of carbonyl (C=O) groups is 1.